The first-order valence-electron chi connectivity index (χ1n) is 5.10. The number of carbonyl (C=O) groups is 1. The smallest absolute Gasteiger partial charge is 0.303 e. The third kappa shape index (κ3) is 1.26. The van der Waals surface area contributed by atoms with Gasteiger partial charge in [-0.05, 0) is 36.6 Å². The van der Waals surface area contributed by atoms with Crippen molar-refractivity contribution < 1.29 is 9.90 Å². The molecule has 0 spiro atoms. The van der Waals surface area contributed by atoms with Crippen molar-refractivity contribution in [3.05, 3.63) is 0 Å². The second-order valence-electron chi connectivity index (χ2n) is 4.64. The van der Waals surface area contributed by atoms with Gasteiger partial charge in [-0.25, -0.2) is 0 Å². The summed E-state index contributed by atoms with van der Waals surface area (Å²) in [6.07, 6.45) is 5.11. The zero-order valence-electron chi connectivity index (χ0n) is 7.83. The van der Waals surface area contributed by atoms with E-state index in [1.807, 2.05) is 0 Å². The van der Waals surface area contributed by atoms with E-state index in [4.69, 9.17) is 10.8 Å². The van der Waals surface area contributed by atoms with Gasteiger partial charge in [-0.3, -0.25) is 4.79 Å². The molecule has 0 aromatic carbocycles. The number of aliphatic carboxylic acids is 1. The van der Waals surface area contributed by atoms with E-state index in [1.165, 1.54) is 19.3 Å². The maximum Gasteiger partial charge on any atom is 0.303 e. The molecule has 3 heteroatoms. The average Bonchev–Trinajstić information content (AvgIpc) is 2.43. The van der Waals surface area contributed by atoms with Crippen LogP contribution in [-0.4, -0.2) is 17.6 Å². The van der Waals surface area contributed by atoms with Gasteiger partial charge in [0.15, 0.2) is 0 Å². The van der Waals surface area contributed by atoms with Gasteiger partial charge in [0.2, 0.25) is 0 Å². The third-order valence-corrected chi connectivity index (χ3v) is 4.02. The molecule has 13 heavy (non-hydrogen) atoms. The highest BCUT2D eigenvalue weighted by molar-refractivity contribution is 5.68. The summed E-state index contributed by atoms with van der Waals surface area (Å²) < 4.78 is 0. The number of carboxylic acids is 1. The molecule has 0 bridgehead atoms. The van der Waals surface area contributed by atoms with Crippen LogP contribution >= 0.6 is 0 Å². The molecule has 2 aliphatic rings. The molecule has 2 saturated carbocycles. The first-order valence-corrected chi connectivity index (χ1v) is 5.10. The van der Waals surface area contributed by atoms with Crippen LogP contribution in [0.15, 0.2) is 0 Å². The quantitative estimate of drug-likeness (QED) is 0.691. The number of rotatable bonds is 3. The summed E-state index contributed by atoms with van der Waals surface area (Å²) in [5.74, 6) is 0.729. The van der Waals surface area contributed by atoms with Gasteiger partial charge < -0.3 is 10.8 Å². The van der Waals surface area contributed by atoms with Crippen LogP contribution in [0.3, 0.4) is 0 Å². The lowest BCUT2D eigenvalue weighted by Crippen LogP contribution is -2.51. The molecule has 2 aliphatic carbocycles. The lowest BCUT2D eigenvalue weighted by molar-refractivity contribution is -0.145. The minimum Gasteiger partial charge on any atom is -0.481 e. The van der Waals surface area contributed by atoms with Crippen LogP contribution in [-0.2, 0) is 4.79 Å². The van der Waals surface area contributed by atoms with Crippen LogP contribution in [0.2, 0.25) is 0 Å². The lowest BCUT2D eigenvalue weighted by atomic mass is 9.53. The standard InChI is InChI=1S/C10H17NO2/c11-6-10(5-9(12)13)4-7-2-1-3-8(7)10/h7-8H,1-6,11H2,(H,12,13)/t7-,8?,10-/m1/s1. The zero-order valence-corrected chi connectivity index (χ0v) is 7.83. The van der Waals surface area contributed by atoms with E-state index < -0.39 is 5.97 Å². The van der Waals surface area contributed by atoms with E-state index in [1.54, 1.807) is 0 Å². The Labute approximate surface area is 78.3 Å². The van der Waals surface area contributed by atoms with Gasteiger partial charge in [0.05, 0.1) is 6.42 Å². The number of fused-ring (bicyclic) bond motifs is 1. The van der Waals surface area contributed by atoms with Crippen molar-refractivity contribution in [1.29, 1.82) is 0 Å². The Bertz CT molecular complexity index is 229. The number of hydrogen-bond acceptors (Lipinski definition) is 2. The summed E-state index contributed by atoms with van der Waals surface area (Å²) in [5.41, 5.74) is 5.68. The average molecular weight is 183 g/mol. The predicted octanol–water partition coefficient (Wildman–Crippen LogP) is 1.23. The maximum absolute atomic E-state index is 10.7. The van der Waals surface area contributed by atoms with Gasteiger partial charge >= 0.3 is 5.97 Å². The Morgan fingerprint density at radius 2 is 2.31 bits per heavy atom. The van der Waals surface area contributed by atoms with Crippen molar-refractivity contribution in [2.45, 2.75) is 32.1 Å². The molecule has 0 saturated heterocycles. The molecule has 2 fully saturated rings. The van der Waals surface area contributed by atoms with Crippen molar-refractivity contribution in [2.75, 3.05) is 6.54 Å². The SMILES string of the molecule is NC[C@]1(CC(=O)O)C[C@H]2CCCC21. The molecular weight excluding hydrogens is 166 g/mol. The number of hydrogen-bond donors (Lipinski definition) is 2. The van der Waals surface area contributed by atoms with Crippen molar-refractivity contribution in [2.24, 2.45) is 23.0 Å². The summed E-state index contributed by atoms with van der Waals surface area (Å²) in [4.78, 5) is 10.7. The van der Waals surface area contributed by atoms with E-state index in [2.05, 4.69) is 0 Å². The molecule has 3 atom stereocenters. The normalized spacial score (nSPS) is 42.5. The molecule has 3 nitrogen and oxygen atoms in total. The molecule has 74 valence electrons. The van der Waals surface area contributed by atoms with E-state index in [0.29, 0.717) is 12.5 Å². The fraction of sp³-hybridized carbons (Fsp3) is 0.900. The molecular formula is C10H17NO2. The second-order valence-corrected chi connectivity index (χ2v) is 4.64. The van der Waals surface area contributed by atoms with Crippen LogP contribution in [0.4, 0.5) is 0 Å². The molecule has 0 aromatic rings. The zero-order chi connectivity index (χ0) is 9.47. The van der Waals surface area contributed by atoms with Crippen LogP contribution in [0.5, 0.6) is 0 Å². The number of carboxylic acid groups (broad SMARTS) is 1. The fourth-order valence-corrected chi connectivity index (χ4v) is 3.41. The third-order valence-electron chi connectivity index (χ3n) is 4.02. The molecule has 0 heterocycles. The van der Waals surface area contributed by atoms with Gasteiger partial charge in [-0.1, -0.05) is 12.8 Å². The second kappa shape index (κ2) is 2.98. The van der Waals surface area contributed by atoms with Crippen LogP contribution in [0.1, 0.15) is 32.1 Å². The largest absolute Gasteiger partial charge is 0.481 e. The topological polar surface area (TPSA) is 63.3 Å². The van der Waals surface area contributed by atoms with Crippen molar-refractivity contribution in [3.63, 3.8) is 0 Å². The summed E-state index contributed by atoms with van der Waals surface area (Å²) >= 11 is 0. The molecule has 0 aliphatic heterocycles. The van der Waals surface area contributed by atoms with Crippen LogP contribution in [0, 0.1) is 17.3 Å². The van der Waals surface area contributed by atoms with E-state index in [0.717, 1.165) is 12.3 Å². The molecule has 0 amide bonds. The predicted molar refractivity (Wildman–Crippen MR) is 49.2 cm³/mol. The first-order chi connectivity index (χ1) is 6.18. The first kappa shape index (κ1) is 9.00. The maximum atomic E-state index is 10.7. The van der Waals surface area contributed by atoms with Gasteiger partial charge in [0.25, 0.3) is 0 Å². The molecule has 3 N–H and O–H groups in total. The summed E-state index contributed by atoms with van der Waals surface area (Å²) in [7, 11) is 0. The van der Waals surface area contributed by atoms with Crippen LogP contribution in [0.25, 0.3) is 0 Å². The molecule has 2 rings (SSSR count). The van der Waals surface area contributed by atoms with Crippen molar-refractivity contribution in [1.82, 2.24) is 0 Å². The van der Waals surface area contributed by atoms with Crippen LogP contribution < -0.4 is 5.73 Å². The molecule has 1 unspecified atom stereocenters. The Balaban J connectivity index is 2.05. The summed E-state index contributed by atoms with van der Waals surface area (Å²) in [5, 5.41) is 8.81. The summed E-state index contributed by atoms with van der Waals surface area (Å²) in [6.45, 7) is 0.556. The highest BCUT2D eigenvalue weighted by atomic mass is 16.4. The van der Waals surface area contributed by atoms with Crippen molar-refractivity contribution in [3.8, 4) is 0 Å². The van der Waals surface area contributed by atoms with E-state index in [9.17, 15) is 4.79 Å². The van der Waals surface area contributed by atoms with E-state index >= 15 is 0 Å². The monoisotopic (exact) mass is 183 g/mol. The summed E-state index contributed by atoms with van der Waals surface area (Å²) in [6, 6.07) is 0. The minimum absolute atomic E-state index is 0.0347. The molecule has 0 aromatic heterocycles. The molecule has 0 radical (unpaired) electrons. The Morgan fingerprint density at radius 3 is 2.85 bits per heavy atom. The van der Waals surface area contributed by atoms with Gasteiger partial charge in [0, 0.05) is 0 Å². The highest BCUT2D eigenvalue weighted by Gasteiger charge is 2.55. The Hall–Kier alpha value is -0.570. The Morgan fingerprint density at radius 1 is 1.54 bits per heavy atom. The lowest BCUT2D eigenvalue weighted by Gasteiger charge is -2.51. The van der Waals surface area contributed by atoms with E-state index in [-0.39, 0.29) is 11.8 Å². The van der Waals surface area contributed by atoms with Crippen molar-refractivity contribution >= 4 is 5.97 Å². The highest BCUT2D eigenvalue weighted by Crippen LogP contribution is 2.60. The van der Waals surface area contributed by atoms with Gasteiger partial charge in [-0.2, -0.15) is 0 Å². The number of nitrogens with two attached hydrogens (primary N) is 1. The Kier molecular flexibility index (Phi) is 2.06. The van der Waals surface area contributed by atoms with Gasteiger partial charge in [0.1, 0.15) is 0 Å². The fourth-order valence-electron chi connectivity index (χ4n) is 3.41. The minimum atomic E-state index is -0.684. The van der Waals surface area contributed by atoms with Gasteiger partial charge in [-0.15, -0.1) is 0 Å².